The van der Waals surface area contributed by atoms with Crippen molar-refractivity contribution in [2.75, 3.05) is 25.0 Å². The van der Waals surface area contributed by atoms with Crippen LogP contribution in [-0.4, -0.2) is 42.4 Å². The van der Waals surface area contributed by atoms with Gasteiger partial charge in [0.15, 0.2) is 6.61 Å². The topological polar surface area (TPSA) is 75.7 Å². The molecule has 0 saturated carbocycles. The summed E-state index contributed by atoms with van der Waals surface area (Å²) in [4.78, 5) is 38.0. The maximum absolute atomic E-state index is 12.4. The van der Waals surface area contributed by atoms with Gasteiger partial charge in [-0.1, -0.05) is 17.7 Å². The third kappa shape index (κ3) is 5.82. The number of benzene rings is 2. The highest BCUT2D eigenvalue weighted by atomic mass is 35.5. The monoisotopic (exact) mass is 388 g/mol. The molecule has 0 unspecified atom stereocenters. The van der Waals surface area contributed by atoms with E-state index >= 15 is 0 Å². The summed E-state index contributed by atoms with van der Waals surface area (Å²) in [6.45, 7) is 4.58. The Morgan fingerprint density at radius 1 is 1.00 bits per heavy atom. The Balaban J connectivity index is 1.93. The van der Waals surface area contributed by atoms with Gasteiger partial charge >= 0.3 is 5.97 Å². The van der Waals surface area contributed by atoms with Gasteiger partial charge in [0, 0.05) is 29.4 Å². The second-order valence-electron chi connectivity index (χ2n) is 5.69. The molecule has 0 atom stereocenters. The molecule has 1 N–H and O–H groups in total. The molecule has 0 aromatic heterocycles. The molecule has 0 bridgehead atoms. The van der Waals surface area contributed by atoms with Gasteiger partial charge in [0.25, 0.3) is 11.8 Å². The number of halogens is 1. The van der Waals surface area contributed by atoms with E-state index in [1.807, 2.05) is 13.8 Å². The Labute approximate surface area is 163 Å². The lowest BCUT2D eigenvalue weighted by Crippen LogP contribution is -2.30. The van der Waals surface area contributed by atoms with Gasteiger partial charge in [-0.25, -0.2) is 4.79 Å². The van der Waals surface area contributed by atoms with E-state index in [2.05, 4.69) is 5.32 Å². The molecule has 0 aliphatic rings. The van der Waals surface area contributed by atoms with Crippen LogP contribution >= 0.6 is 11.6 Å². The molecular weight excluding hydrogens is 368 g/mol. The minimum absolute atomic E-state index is 0.106. The van der Waals surface area contributed by atoms with E-state index in [-0.39, 0.29) is 5.91 Å². The Hall–Kier alpha value is -2.86. The minimum atomic E-state index is -0.618. The molecule has 0 spiro atoms. The van der Waals surface area contributed by atoms with Crippen molar-refractivity contribution in [1.82, 2.24) is 4.90 Å². The van der Waals surface area contributed by atoms with E-state index in [0.29, 0.717) is 34.9 Å². The summed E-state index contributed by atoms with van der Waals surface area (Å²) < 4.78 is 4.98. The number of carbonyl (C=O) groups is 3. The van der Waals surface area contributed by atoms with Gasteiger partial charge < -0.3 is 15.0 Å². The number of carbonyl (C=O) groups excluding carboxylic acids is 3. The number of ether oxygens (including phenoxy) is 1. The van der Waals surface area contributed by atoms with Crippen molar-refractivity contribution < 1.29 is 19.1 Å². The highest BCUT2D eigenvalue weighted by Crippen LogP contribution is 2.13. The van der Waals surface area contributed by atoms with E-state index in [9.17, 15) is 14.4 Å². The number of hydrogen-bond donors (Lipinski definition) is 1. The van der Waals surface area contributed by atoms with Crippen LogP contribution in [0.2, 0.25) is 5.02 Å². The average molecular weight is 389 g/mol. The molecule has 0 aliphatic heterocycles. The standard InChI is InChI=1S/C20H21ClN2O4/c1-3-23(4-2)19(25)15-6-5-7-17(12-15)22-18(24)13-27-20(26)14-8-10-16(21)11-9-14/h5-12H,3-4,13H2,1-2H3,(H,22,24). The van der Waals surface area contributed by atoms with Crippen molar-refractivity contribution in [1.29, 1.82) is 0 Å². The van der Waals surface area contributed by atoms with Crippen molar-refractivity contribution in [2.24, 2.45) is 0 Å². The van der Waals surface area contributed by atoms with E-state index in [1.54, 1.807) is 41.3 Å². The summed E-state index contributed by atoms with van der Waals surface area (Å²) in [7, 11) is 0. The lowest BCUT2D eigenvalue weighted by atomic mass is 10.1. The lowest BCUT2D eigenvalue weighted by Gasteiger charge is -2.19. The van der Waals surface area contributed by atoms with Crippen LogP contribution in [0.15, 0.2) is 48.5 Å². The number of rotatable bonds is 7. The van der Waals surface area contributed by atoms with Gasteiger partial charge in [0.05, 0.1) is 5.56 Å². The SMILES string of the molecule is CCN(CC)C(=O)c1cccc(NC(=O)COC(=O)c2ccc(Cl)cc2)c1. The normalized spacial score (nSPS) is 10.2. The Bertz CT molecular complexity index is 817. The van der Waals surface area contributed by atoms with Crippen LogP contribution in [0.5, 0.6) is 0 Å². The summed E-state index contributed by atoms with van der Waals surface area (Å²) >= 11 is 5.76. The van der Waals surface area contributed by atoms with Crippen LogP contribution in [0, 0.1) is 0 Å². The smallest absolute Gasteiger partial charge is 0.338 e. The van der Waals surface area contributed by atoms with Gasteiger partial charge in [-0.05, 0) is 56.3 Å². The molecule has 2 aromatic rings. The lowest BCUT2D eigenvalue weighted by molar-refractivity contribution is -0.119. The van der Waals surface area contributed by atoms with Crippen LogP contribution in [0.1, 0.15) is 34.6 Å². The number of anilines is 1. The van der Waals surface area contributed by atoms with E-state index in [4.69, 9.17) is 16.3 Å². The highest BCUT2D eigenvalue weighted by Gasteiger charge is 2.14. The minimum Gasteiger partial charge on any atom is -0.452 e. The number of esters is 1. The zero-order valence-corrected chi connectivity index (χ0v) is 16.0. The summed E-state index contributed by atoms with van der Waals surface area (Å²) in [5.74, 6) is -1.22. The molecule has 2 aromatic carbocycles. The van der Waals surface area contributed by atoms with Gasteiger partial charge in [0.2, 0.25) is 0 Å². The maximum Gasteiger partial charge on any atom is 0.338 e. The number of amides is 2. The largest absolute Gasteiger partial charge is 0.452 e. The second-order valence-corrected chi connectivity index (χ2v) is 6.13. The Kier molecular flexibility index (Phi) is 7.37. The van der Waals surface area contributed by atoms with Crippen molar-refractivity contribution in [3.8, 4) is 0 Å². The zero-order valence-electron chi connectivity index (χ0n) is 15.2. The van der Waals surface area contributed by atoms with Crippen LogP contribution in [0.25, 0.3) is 0 Å². The maximum atomic E-state index is 12.4. The summed E-state index contributed by atoms with van der Waals surface area (Å²) in [5.41, 5.74) is 1.24. The summed E-state index contributed by atoms with van der Waals surface area (Å²) in [5, 5.41) is 3.12. The predicted molar refractivity (Wildman–Crippen MR) is 104 cm³/mol. The van der Waals surface area contributed by atoms with E-state index in [1.165, 1.54) is 12.1 Å². The molecule has 7 heteroatoms. The molecule has 27 heavy (non-hydrogen) atoms. The van der Waals surface area contributed by atoms with Crippen LogP contribution in [0.3, 0.4) is 0 Å². The molecule has 2 rings (SSSR count). The van der Waals surface area contributed by atoms with Gasteiger partial charge in [-0.3, -0.25) is 9.59 Å². The fourth-order valence-electron chi connectivity index (χ4n) is 2.42. The first kappa shape index (κ1) is 20.5. The van der Waals surface area contributed by atoms with E-state index < -0.39 is 18.5 Å². The van der Waals surface area contributed by atoms with Crippen molar-refractivity contribution in [2.45, 2.75) is 13.8 Å². The van der Waals surface area contributed by atoms with Crippen LogP contribution in [0.4, 0.5) is 5.69 Å². The van der Waals surface area contributed by atoms with Crippen molar-refractivity contribution in [3.63, 3.8) is 0 Å². The molecule has 0 heterocycles. The van der Waals surface area contributed by atoms with Crippen molar-refractivity contribution >= 4 is 35.1 Å². The summed E-state index contributed by atoms with van der Waals surface area (Å²) in [6, 6.07) is 12.8. The fraction of sp³-hybridized carbons (Fsp3) is 0.250. The third-order valence-electron chi connectivity index (χ3n) is 3.86. The van der Waals surface area contributed by atoms with Gasteiger partial charge in [-0.15, -0.1) is 0 Å². The summed E-state index contributed by atoms with van der Waals surface area (Å²) in [6.07, 6.45) is 0. The Morgan fingerprint density at radius 2 is 1.67 bits per heavy atom. The highest BCUT2D eigenvalue weighted by molar-refractivity contribution is 6.30. The molecule has 0 aliphatic carbocycles. The number of hydrogen-bond acceptors (Lipinski definition) is 4. The van der Waals surface area contributed by atoms with E-state index in [0.717, 1.165) is 0 Å². The molecule has 2 amide bonds. The molecule has 0 radical (unpaired) electrons. The second kappa shape index (κ2) is 9.73. The zero-order chi connectivity index (χ0) is 19.8. The third-order valence-corrected chi connectivity index (χ3v) is 4.11. The molecule has 0 fully saturated rings. The van der Waals surface area contributed by atoms with Crippen molar-refractivity contribution in [3.05, 3.63) is 64.7 Å². The Morgan fingerprint density at radius 3 is 2.30 bits per heavy atom. The fourth-order valence-corrected chi connectivity index (χ4v) is 2.55. The first-order valence-electron chi connectivity index (χ1n) is 8.56. The average Bonchev–Trinajstić information content (AvgIpc) is 2.67. The van der Waals surface area contributed by atoms with Crippen LogP contribution in [-0.2, 0) is 9.53 Å². The number of nitrogens with zero attached hydrogens (tertiary/aromatic N) is 1. The molecule has 0 saturated heterocycles. The predicted octanol–water partition coefficient (Wildman–Crippen LogP) is 3.62. The van der Waals surface area contributed by atoms with Crippen LogP contribution < -0.4 is 5.32 Å². The molecular formula is C20H21ClN2O4. The number of nitrogens with one attached hydrogen (secondary N) is 1. The first-order valence-corrected chi connectivity index (χ1v) is 8.94. The molecule has 142 valence electrons. The first-order chi connectivity index (χ1) is 12.9. The van der Waals surface area contributed by atoms with Gasteiger partial charge in [-0.2, -0.15) is 0 Å². The van der Waals surface area contributed by atoms with Gasteiger partial charge in [0.1, 0.15) is 0 Å². The molecule has 6 nitrogen and oxygen atoms in total. The quantitative estimate of drug-likeness (QED) is 0.735.